The lowest BCUT2D eigenvalue weighted by Crippen LogP contribution is -2.29. The van der Waals surface area contributed by atoms with E-state index in [1.165, 1.54) is 13.2 Å². The maximum Gasteiger partial charge on any atom is 0.323 e. The zero-order valence-corrected chi connectivity index (χ0v) is 14.4. The minimum absolute atomic E-state index is 0.134. The molecule has 8 heteroatoms. The van der Waals surface area contributed by atoms with Gasteiger partial charge in [-0.1, -0.05) is 6.07 Å². The van der Waals surface area contributed by atoms with Crippen LogP contribution in [-0.2, 0) is 11.3 Å². The van der Waals surface area contributed by atoms with Crippen molar-refractivity contribution in [2.24, 2.45) is 0 Å². The van der Waals surface area contributed by atoms with Crippen LogP contribution in [0.5, 0.6) is 5.75 Å². The van der Waals surface area contributed by atoms with Gasteiger partial charge in [-0.05, 0) is 42.9 Å². The fourth-order valence-corrected chi connectivity index (χ4v) is 2.73. The molecule has 0 saturated heterocycles. The van der Waals surface area contributed by atoms with E-state index in [2.05, 4.69) is 15.3 Å². The minimum Gasteiger partial charge on any atom is -0.494 e. The van der Waals surface area contributed by atoms with E-state index >= 15 is 0 Å². The molecule has 0 aliphatic carbocycles. The molecule has 3 rings (SSSR count). The highest BCUT2D eigenvalue weighted by molar-refractivity contribution is 5.94. The fraction of sp³-hybridized carbons (Fsp3) is 0.222. The Morgan fingerprint density at radius 2 is 1.96 bits per heavy atom. The van der Waals surface area contributed by atoms with Gasteiger partial charge in [0.1, 0.15) is 0 Å². The Balaban J connectivity index is 1.59. The first-order valence-electron chi connectivity index (χ1n) is 7.97. The number of methoxy groups -OCH3 is 1. The number of hydrogen-bond donors (Lipinski definition) is 3. The molecule has 0 saturated carbocycles. The van der Waals surface area contributed by atoms with Crippen molar-refractivity contribution in [3.05, 3.63) is 58.3 Å². The van der Waals surface area contributed by atoms with Crippen molar-refractivity contribution in [2.75, 3.05) is 26.0 Å². The minimum atomic E-state index is -0.434. The average molecular weight is 358 g/mol. The number of carbonyl (C=O) groups excluding carboxylic acids is 1. The summed E-state index contributed by atoms with van der Waals surface area (Å²) in [7, 11) is 3.18. The molecule has 0 aliphatic rings. The Morgan fingerprint density at radius 3 is 2.69 bits per heavy atom. The van der Waals surface area contributed by atoms with Gasteiger partial charge in [-0.25, -0.2) is 9.18 Å². The molecule has 1 amide bonds. The van der Waals surface area contributed by atoms with Gasteiger partial charge in [0.2, 0.25) is 5.91 Å². The Kier molecular flexibility index (Phi) is 5.04. The number of amides is 1. The van der Waals surface area contributed by atoms with E-state index in [0.717, 1.165) is 5.56 Å². The molecule has 136 valence electrons. The van der Waals surface area contributed by atoms with Crippen LogP contribution in [-0.4, -0.2) is 41.5 Å². The number of ether oxygens (including phenoxy) is 1. The number of halogens is 1. The summed E-state index contributed by atoms with van der Waals surface area (Å²) in [6.07, 6.45) is 0. The van der Waals surface area contributed by atoms with Crippen LogP contribution in [0.2, 0.25) is 0 Å². The van der Waals surface area contributed by atoms with E-state index in [4.69, 9.17) is 4.74 Å². The highest BCUT2D eigenvalue weighted by Crippen LogP contribution is 2.18. The van der Waals surface area contributed by atoms with Crippen molar-refractivity contribution in [3.63, 3.8) is 0 Å². The van der Waals surface area contributed by atoms with Gasteiger partial charge in [-0.2, -0.15) is 0 Å². The summed E-state index contributed by atoms with van der Waals surface area (Å²) in [4.78, 5) is 30.5. The van der Waals surface area contributed by atoms with Crippen LogP contribution in [0.4, 0.5) is 10.1 Å². The molecule has 1 heterocycles. The first-order chi connectivity index (χ1) is 12.4. The first-order valence-corrected chi connectivity index (χ1v) is 7.97. The second kappa shape index (κ2) is 7.40. The smallest absolute Gasteiger partial charge is 0.323 e. The fourth-order valence-electron chi connectivity index (χ4n) is 2.73. The van der Waals surface area contributed by atoms with Crippen molar-refractivity contribution in [2.45, 2.75) is 6.54 Å². The van der Waals surface area contributed by atoms with E-state index in [-0.39, 0.29) is 23.9 Å². The maximum atomic E-state index is 13.7. The van der Waals surface area contributed by atoms with Crippen LogP contribution >= 0.6 is 0 Å². The predicted octanol–water partition coefficient (Wildman–Crippen LogP) is 2.07. The number of imidazole rings is 1. The van der Waals surface area contributed by atoms with Crippen molar-refractivity contribution in [1.29, 1.82) is 0 Å². The number of aromatic amines is 2. The molecular formula is C18H19FN4O3. The van der Waals surface area contributed by atoms with Crippen LogP contribution in [0.1, 0.15) is 5.56 Å². The number of fused-ring (bicyclic) bond motifs is 1. The molecule has 0 fully saturated rings. The summed E-state index contributed by atoms with van der Waals surface area (Å²) in [5.41, 5.74) is 2.32. The van der Waals surface area contributed by atoms with Gasteiger partial charge in [-0.15, -0.1) is 0 Å². The molecule has 0 bridgehead atoms. The van der Waals surface area contributed by atoms with Gasteiger partial charge >= 0.3 is 5.69 Å². The number of hydrogen-bond acceptors (Lipinski definition) is 4. The molecule has 0 aliphatic heterocycles. The molecule has 3 N–H and O–H groups in total. The summed E-state index contributed by atoms with van der Waals surface area (Å²) in [6.45, 7) is 0.549. The summed E-state index contributed by atoms with van der Waals surface area (Å²) in [5, 5.41) is 2.78. The van der Waals surface area contributed by atoms with Crippen LogP contribution in [0.15, 0.2) is 41.2 Å². The summed E-state index contributed by atoms with van der Waals surface area (Å²) >= 11 is 0. The highest BCUT2D eigenvalue weighted by Gasteiger charge is 2.10. The summed E-state index contributed by atoms with van der Waals surface area (Å²) < 4.78 is 18.6. The number of likely N-dealkylation sites (N-methyl/N-ethyl adjacent to an activating group) is 1. The monoisotopic (exact) mass is 358 g/mol. The maximum absolute atomic E-state index is 13.7. The molecule has 0 spiro atoms. The number of aromatic nitrogens is 2. The number of nitrogens with one attached hydrogen (secondary N) is 3. The number of nitrogens with zero attached hydrogens (tertiary/aromatic N) is 1. The van der Waals surface area contributed by atoms with E-state index in [0.29, 0.717) is 23.3 Å². The van der Waals surface area contributed by atoms with Crippen LogP contribution < -0.4 is 15.7 Å². The molecular weight excluding hydrogens is 339 g/mol. The van der Waals surface area contributed by atoms with Gasteiger partial charge < -0.3 is 20.0 Å². The lowest BCUT2D eigenvalue weighted by atomic mass is 10.2. The lowest BCUT2D eigenvalue weighted by molar-refractivity contribution is -0.117. The predicted molar refractivity (Wildman–Crippen MR) is 96.8 cm³/mol. The van der Waals surface area contributed by atoms with Crippen molar-refractivity contribution in [1.82, 2.24) is 14.9 Å². The van der Waals surface area contributed by atoms with E-state index < -0.39 is 5.82 Å². The average Bonchev–Trinajstić information content (AvgIpc) is 2.94. The number of rotatable bonds is 6. The van der Waals surface area contributed by atoms with Gasteiger partial charge in [-0.3, -0.25) is 9.69 Å². The molecule has 7 nitrogen and oxygen atoms in total. The number of H-pyrrole nitrogens is 2. The van der Waals surface area contributed by atoms with E-state index in [1.54, 1.807) is 42.3 Å². The van der Waals surface area contributed by atoms with Crippen molar-refractivity contribution < 1.29 is 13.9 Å². The highest BCUT2D eigenvalue weighted by atomic mass is 19.1. The third kappa shape index (κ3) is 4.09. The van der Waals surface area contributed by atoms with Crippen LogP contribution in [0.3, 0.4) is 0 Å². The first kappa shape index (κ1) is 17.7. The van der Waals surface area contributed by atoms with E-state index in [9.17, 15) is 14.0 Å². The Labute approximate surface area is 148 Å². The van der Waals surface area contributed by atoms with E-state index in [1.807, 2.05) is 0 Å². The van der Waals surface area contributed by atoms with Crippen LogP contribution in [0.25, 0.3) is 11.0 Å². The third-order valence-corrected chi connectivity index (χ3v) is 3.88. The second-order valence-corrected chi connectivity index (χ2v) is 6.03. The Bertz CT molecular complexity index is 996. The number of benzene rings is 2. The zero-order chi connectivity index (χ0) is 18.7. The molecule has 0 radical (unpaired) electrons. The molecule has 1 aromatic heterocycles. The lowest BCUT2D eigenvalue weighted by Gasteiger charge is -2.17. The molecule has 0 atom stereocenters. The zero-order valence-electron chi connectivity index (χ0n) is 14.4. The van der Waals surface area contributed by atoms with Crippen molar-refractivity contribution in [3.8, 4) is 5.75 Å². The van der Waals surface area contributed by atoms with Gasteiger partial charge in [0.05, 0.1) is 24.7 Å². The topological polar surface area (TPSA) is 90.2 Å². The summed E-state index contributed by atoms with van der Waals surface area (Å²) in [6, 6.07) is 9.82. The van der Waals surface area contributed by atoms with Gasteiger partial charge in [0, 0.05) is 12.2 Å². The van der Waals surface area contributed by atoms with Gasteiger partial charge in [0.25, 0.3) is 0 Å². The van der Waals surface area contributed by atoms with Crippen molar-refractivity contribution >= 4 is 22.6 Å². The molecule has 3 aromatic rings. The van der Waals surface area contributed by atoms with Gasteiger partial charge in [0.15, 0.2) is 11.6 Å². The molecule has 0 unspecified atom stereocenters. The number of carbonyl (C=O) groups is 1. The number of anilines is 1. The quantitative estimate of drug-likeness (QED) is 0.629. The SMILES string of the molecule is COc1ccc(CN(C)CC(=O)Nc2ccc3[nH]c(=O)[nH]c3c2)cc1F. The standard InChI is InChI=1S/C18H19FN4O3/c1-23(9-11-3-6-16(26-2)13(19)7-11)10-17(24)20-12-4-5-14-15(8-12)22-18(25)21-14/h3-8H,9-10H2,1-2H3,(H,20,24)(H2,21,22,25). The van der Waals surface area contributed by atoms with Crippen LogP contribution in [0, 0.1) is 5.82 Å². The third-order valence-electron chi connectivity index (χ3n) is 3.88. The second-order valence-electron chi connectivity index (χ2n) is 6.03. The largest absolute Gasteiger partial charge is 0.494 e. The normalized spacial score (nSPS) is 11.1. The summed E-state index contributed by atoms with van der Waals surface area (Å²) in [5.74, 6) is -0.456. The Morgan fingerprint density at radius 1 is 1.19 bits per heavy atom. The molecule has 26 heavy (non-hydrogen) atoms. The molecule has 2 aromatic carbocycles. The Hall–Kier alpha value is -3.13.